The quantitative estimate of drug-likeness (QED) is 0.726. The predicted molar refractivity (Wildman–Crippen MR) is 105 cm³/mol. The fourth-order valence-corrected chi connectivity index (χ4v) is 3.49. The van der Waals surface area contributed by atoms with Crippen LogP contribution in [0.15, 0.2) is 66.4 Å². The first-order valence-corrected chi connectivity index (χ1v) is 8.90. The van der Waals surface area contributed by atoms with Crippen LogP contribution in [0.3, 0.4) is 0 Å². The molecule has 4 amide bonds. The van der Waals surface area contributed by atoms with Crippen molar-refractivity contribution >= 4 is 46.5 Å². The summed E-state index contributed by atoms with van der Waals surface area (Å²) in [4.78, 5) is 52.7. The molecule has 0 bridgehead atoms. The molecule has 0 spiro atoms. The topological polar surface area (TPSA) is 84.0 Å². The van der Waals surface area contributed by atoms with Gasteiger partial charge >= 0.3 is 0 Å². The first kappa shape index (κ1) is 18.6. The molecule has 0 aliphatic carbocycles. The Morgan fingerprint density at radius 2 is 1.48 bits per heavy atom. The van der Waals surface area contributed by atoms with Crippen LogP contribution in [0.4, 0.5) is 5.69 Å². The number of ether oxygens (including phenoxy) is 1. The Balaban J connectivity index is 1.93. The van der Waals surface area contributed by atoms with E-state index in [1.807, 2.05) is 0 Å². The number of amides is 4. The molecule has 0 radical (unpaired) electrons. The van der Waals surface area contributed by atoms with E-state index in [9.17, 15) is 19.2 Å². The highest BCUT2D eigenvalue weighted by atomic mass is 35.5. The number of hydrogen-bond acceptors (Lipinski definition) is 5. The number of carbonyl (C=O) groups is 4. The van der Waals surface area contributed by atoms with E-state index in [1.54, 1.807) is 36.4 Å². The second-order valence-corrected chi connectivity index (χ2v) is 6.60. The van der Waals surface area contributed by atoms with Crippen LogP contribution in [0.2, 0.25) is 5.02 Å². The van der Waals surface area contributed by atoms with Crippen molar-refractivity contribution < 1.29 is 23.9 Å². The van der Waals surface area contributed by atoms with Crippen LogP contribution in [-0.2, 0) is 19.2 Å². The number of imide groups is 2. The number of rotatable bonds is 4. The Morgan fingerprint density at radius 1 is 0.828 bits per heavy atom. The molecule has 0 atom stereocenters. The standard InChI is InChI=1S/C21H13ClN2O5/c1-29-13-7-8-14(15(22)11-13)18-19(24-16(25)9-10-17(24)26)21(28)23(20(18)27)12-5-3-2-4-6-12/h2-11H,1H3. The van der Waals surface area contributed by atoms with Crippen LogP contribution in [-0.4, -0.2) is 35.6 Å². The van der Waals surface area contributed by atoms with Gasteiger partial charge in [-0.15, -0.1) is 0 Å². The van der Waals surface area contributed by atoms with Gasteiger partial charge in [-0.2, -0.15) is 0 Å². The van der Waals surface area contributed by atoms with Crippen LogP contribution in [0, 0.1) is 0 Å². The molecule has 29 heavy (non-hydrogen) atoms. The molecule has 2 heterocycles. The van der Waals surface area contributed by atoms with E-state index < -0.39 is 23.6 Å². The molecule has 0 saturated heterocycles. The third-order valence-electron chi connectivity index (χ3n) is 4.55. The van der Waals surface area contributed by atoms with E-state index in [0.29, 0.717) is 16.3 Å². The highest BCUT2D eigenvalue weighted by Gasteiger charge is 2.46. The zero-order chi connectivity index (χ0) is 20.7. The van der Waals surface area contributed by atoms with Gasteiger partial charge < -0.3 is 4.74 Å². The number of methoxy groups -OCH3 is 1. The Labute approximate surface area is 170 Å². The molecule has 2 aromatic rings. The Hall–Kier alpha value is -3.71. The molecule has 2 aromatic carbocycles. The largest absolute Gasteiger partial charge is 0.497 e. The van der Waals surface area contributed by atoms with Crippen molar-refractivity contribution in [3.8, 4) is 5.75 Å². The minimum Gasteiger partial charge on any atom is -0.497 e. The first-order valence-electron chi connectivity index (χ1n) is 8.52. The van der Waals surface area contributed by atoms with Crippen molar-refractivity contribution in [2.75, 3.05) is 12.0 Å². The summed E-state index contributed by atoms with van der Waals surface area (Å²) in [5.41, 5.74) is 0.0706. The summed E-state index contributed by atoms with van der Waals surface area (Å²) in [5.74, 6) is -2.43. The fraction of sp³-hybridized carbons (Fsp3) is 0.0476. The minimum atomic E-state index is -0.784. The van der Waals surface area contributed by atoms with Crippen LogP contribution in [0.1, 0.15) is 5.56 Å². The average molecular weight is 409 g/mol. The van der Waals surface area contributed by atoms with E-state index in [2.05, 4.69) is 0 Å². The summed E-state index contributed by atoms with van der Waals surface area (Å²) < 4.78 is 5.12. The smallest absolute Gasteiger partial charge is 0.283 e. The lowest BCUT2D eigenvalue weighted by Crippen LogP contribution is -2.37. The Bertz CT molecular complexity index is 1120. The van der Waals surface area contributed by atoms with Crippen molar-refractivity contribution in [3.63, 3.8) is 0 Å². The molecular formula is C21H13ClN2O5. The summed E-state index contributed by atoms with van der Waals surface area (Å²) in [6.07, 6.45) is 2.09. The zero-order valence-electron chi connectivity index (χ0n) is 15.1. The van der Waals surface area contributed by atoms with Gasteiger partial charge in [0.2, 0.25) is 0 Å². The van der Waals surface area contributed by atoms with Crippen molar-refractivity contribution in [1.29, 1.82) is 0 Å². The lowest BCUT2D eigenvalue weighted by molar-refractivity contribution is -0.137. The normalized spacial score (nSPS) is 16.5. The Morgan fingerprint density at radius 3 is 2.07 bits per heavy atom. The number of halogens is 1. The second kappa shape index (κ2) is 7.03. The summed E-state index contributed by atoms with van der Waals surface area (Å²) >= 11 is 6.34. The van der Waals surface area contributed by atoms with Gasteiger partial charge in [-0.1, -0.05) is 29.8 Å². The van der Waals surface area contributed by atoms with E-state index in [-0.39, 0.29) is 21.9 Å². The van der Waals surface area contributed by atoms with Gasteiger partial charge in [0.25, 0.3) is 23.6 Å². The molecule has 144 valence electrons. The van der Waals surface area contributed by atoms with Crippen molar-refractivity contribution in [2.24, 2.45) is 0 Å². The third kappa shape index (κ3) is 2.92. The summed E-state index contributed by atoms with van der Waals surface area (Å²) in [7, 11) is 1.46. The average Bonchev–Trinajstić information content (AvgIpc) is 3.17. The van der Waals surface area contributed by atoms with E-state index in [0.717, 1.165) is 17.1 Å². The van der Waals surface area contributed by atoms with Crippen LogP contribution in [0.25, 0.3) is 5.57 Å². The van der Waals surface area contributed by atoms with Gasteiger partial charge in [-0.3, -0.25) is 19.2 Å². The zero-order valence-corrected chi connectivity index (χ0v) is 15.8. The lowest BCUT2D eigenvalue weighted by atomic mass is 10.0. The summed E-state index contributed by atoms with van der Waals surface area (Å²) in [6, 6.07) is 12.8. The number of carbonyl (C=O) groups excluding carboxylic acids is 4. The second-order valence-electron chi connectivity index (χ2n) is 6.20. The maximum absolute atomic E-state index is 13.3. The maximum atomic E-state index is 13.3. The Kier molecular flexibility index (Phi) is 4.52. The van der Waals surface area contributed by atoms with Crippen molar-refractivity contribution in [3.05, 3.63) is 77.0 Å². The summed E-state index contributed by atoms with van der Waals surface area (Å²) in [5, 5.41) is 0.139. The van der Waals surface area contributed by atoms with Gasteiger partial charge in [-0.05, 0) is 30.3 Å². The van der Waals surface area contributed by atoms with Gasteiger partial charge in [0.05, 0.1) is 23.4 Å². The van der Waals surface area contributed by atoms with Crippen LogP contribution < -0.4 is 9.64 Å². The molecule has 0 aromatic heterocycles. The van der Waals surface area contributed by atoms with Crippen molar-refractivity contribution in [1.82, 2.24) is 4.90 Å². The van der Waals surface area contributed by atoms with Crippen LogP contribution >= 0.6 is 11.6 Å². The molecule has 0 N–H and O–H groups in total. The number of benzene rings is 2. The highest BCUT2D eigenvalue weighted by molar-refractivity contribution is 6.48. The van der Waals surface area contributed by atoms with Gasteiger partial charge in [-0.25, -0.2) is 9.80 Å². The molecule has 2 aliphatic rings. The lowest BCUT2D eigenvalue weighted by Gasteiger charge is -2.17. The fourth-order valence-electron chi connectivity index (χ4n) is 3.23. The van der Waals surface area contributed by atoms with Crippen LogP contribution in [0.5, 0.6) is 5.75 Å². The monoisotopic (exact) mass is 408 g/mol. The molecule has 0 fully saturated rings. The molecule has 2 aliphatic heterocycles. The third-order valence-corrected chi connectivity index (χ3v) is 4.86. The van der Waals surface area contributed by atoms with Crippen molar-refractivity contribution in [2.45, 2.75) is 0 Å². The number of hydrogen-bond donors (Lipinski definition) is 0. The maximum Gasteiger partial charge on any atom is 0.283 e. The highest BCUT2D eigenvalue weighted by Crippen LogP contribution is 2.39. The predicted octanol–water partition coefficient (Wildman–Crippen LogP) is 2.56. The molecule has 4 rings (SSSR count). The minimum absolute atomic E-state index is 0.128. The van der Waals surface area contributed by atoms with Gasteiger partial charge in [0, 0.05) is 17.7 Å². The SMILES string of the molecule is COc1ccc(C2=C(N3C(=O)C=CC3=O)C(=O)N(c3ccccc3)C2=O)c(Cl)c1. The van der Waals surface area contributed by atoms with Gasteiger partial charge in [0.15, 0.2) is 0 Å². The number of anilines is 1. The number of para-hydroxylation sites is 1. The van der Waals surface area contributed by atoms with Gasteiger partial charge in [0.1, 0.15) is 11.4 Å². The molecule has 8 heteroatoms. The summed E-state index contributed by atoms with van der Waals surface area (Å²) in [6.45, 7) is 0. The molecular weight excluding hydrogens is 396 g/mol. The van der Waals surface area contributed by atoms with E-state index in [4.69, 9.17) is 16.3 Å². The molecule has 0 unspecified atom stereocenters. The molecule has 0 saturated carbocycles. The van der Waals surface area contributed by atoms with E-state index >= 15 is 0 Å². The first-order chi connectivity index (χ1) is 13.9. The number of nitrogens with zero attached hydrogens (tertiary/aromatic N) is 2. The van der Waals surface area contributed by atoms with E-state index in [1.165, 1.54) is 19.2 Å². The molecule has 7 nitrogen and oxygen atoms in total.